The van der Waals surface area contributed by atoms with Gasteiger partial charge in [0.15, 0.2) is 5.96 Å². The van der Waals surface area contributed by atoms with Crippen LogP contribution in [-0.2, 0) is 14.3 Å². The fourth-order valence-electron chi connectivity index (χ4n) is 5.49. The molecule has 2 amide bonds. The number of aliphatic imine (C=N–C) groups is 1. The zero-order valence-electron chi connectivity index (χ0n) is 22.2. The third-order valence-corrected chi connectivity index (χ3v) is 7.13. The van der Waals surface area contributed by atoms with Gasteiger partial charge in [-0.05, 0) is 64.7 Å². The van der Waals surface area contributed by atoms with Gasteiger partial charge in [-0.3, -0.25) is 14.5 Å². The van der Waals surface area contributed by atoms with E-state index < -0.39 is 29.5 Å². The van der Waals surface area contributed by atoms with Crippen molar-refractivity contribution in [1.82, 2.24) is 10.2 Å². The maximum absolute atomic E-state index is 13.4. The fourth-order valence-corrected chi connectivity index (χ4v) is 5.49. The molecule has 2 heterocycles. The number of ether oxygens (including phenoxy) is 3. The van der Waals surface area contributed by atoms with E-state index in [9.17, 15) is 22.8 Å². The Kier molecular flexibility index (Phi) is 7.32. The van der Waals surface area contributed by atoms with Crippen molar-refractivity contribution in [2.75, 3.05) is 13.7 Å². The molecule has 210 valence electrons. The molecule has 9 nitrogen and oxygen atoms in total. The first kappa shape index (κ1) is 28.0. The third-order valence-electron chi connectivity index (χ3n) is 7.13. The van der Waals surface area contributed by atoms with Gasteiger partial charge in [0.25, 0.3) is 0 Å². The van der Waals surface area contributed by atoms with Gasteiger partial charge < -0.3 is 25.3 Å². The Morgan fingerprint density at radius 2 is 2.03 bits per heavy atom. The number of carbonyl (C=O) groups excluding carboxylic acids is 2. The smallest absolute Gasteiger partial charge is 0.487 e. The number of amides is 2. The van der Waals surface area contributed by atoms with Crippen molar-refractivity contribution < 1.29 is 37.0 Å². The topological polar surface area (TPSA) is 115 Å². The number of nitrogens with one attached hydrogen (secondary N) is 1. The molecule has 0 saturated heterocycles. The number of alkyl halides is 3. The highest BCUT2D eigenvalue weighted by Gasteiger charge is 2.52. The number of nitrogens with two attached hydrogens (primary N) is 1. The Bertz CT molecular complexity index is 1120. The first-order valence-corrected chi connectivity index (χ1v) is 12.6. The van der Waals surface area contributed by atoms with Crippen molar-refractivity contribution in [1.29, 1.82) is 0 Å². The van der Waals surface area contributed by atoms with Crippen molar-refractivity contribution in [3.8, 4) is 11.5 Å². The van der Waals surface area contributed by atoms with Crippen LogP contribution in [0, 0.1) is 11.8 Å². The van der Waals surface area contributed by atoms with Crippen LogP contribution < -0.4 is 20.5 Å². The van der Waals surface area contributed by atoms with E-state index in [2.05, 4.69) is 15.0 Å². The molecule has 0 spiro atoms. The minimum absolute atomic E-state index is 0.135. The lowest BCUT2D eigenvalue weighted by Gasteiger charge is -2.38. The first-order valence-electron chi connectivity index (χ1n) is 12.6. The molecule has 38 heavy (non-hydrogen) atoms. The van der Waals surface area contributed by atoms with Gasteiger partial charge in [-0.25, -0.2) is 4.99 Å². The van der Waals surface area contributed by atoms with Gasteiger partial charge in [0.05, 0.1) is 18.0 Å². The number of nitrogens with zero attached hydrogens (tertiary/aromatic N) is 2. The lowest BCUT2D eigenvalue weighted by molar-refractivity contribution is -0.274. The van der Waals surface area contributed by atoms with E-state index in [0.29, 0.717) is 37.2 Å². The SMILES string of the molecule is COCC[C@H]([C@H]1C[C@@H]1C(=O)NC1CC(C)(C)Oc2ccc(OC(F)(F)F)cc21)N1C(=O)CC(C)(C)N=C1N. The van der Waals surface area contributed by atoms with Crippen LogP contribution in [0.15, 0.2) is 23.2 Å². The zero-order chi connectivity index (χ0) is 28.0. The number of carbonyl (C=O) groups is 2. The van der Waals surface area contributed by atoms with E-state index in [4.69, 9.17) is 15.2 Å². The fraction of sp³-hybridized carbons (Fsp3) is 0.654. The number of benzene rings is 1. The summed E-state index contributed by atoms with van der Waals surface area (Å²) in [6, 6.07) is 2.92. The second kappa shape index (κ2) is 9.94. The summed E-state index contributed by atoms with van der Waals surface area (Å²) in [5.74, 6) is -0.801. The summed E-state index contributed by atoms with van der Waals surface area (Å²) < 4.78 is 53.7. The molecular formula is C26H35F3N4O5. The lowest BCUT2D eigenvalue weighted by atomic mass is 9.89. The Morgan fingerprint density at radius 3 is 2.66 bits per heavy atom. The average Bonchev–Trinajstić information content (AvgIpc) is 3.54. The molecule has 1 fully saturated rings. The van der Waals surface area contributed by atoms with E-state index in [1.54, 1.807) is 7.11 Å². The summed E-state index contributed by atoms with van der Waals surface area (Å²) in [4.78, 5) is 32.4. The first-order chi connectivity index (χ1) is 17.6. The molecule has 1 aromatic carbocycles. The van der Waals surface area contributed by atoms with E-state index in [-0.39, 0.29) is 41.9 Å². The van der Waals surface area contributed by atoms with Crippen LogP contribution in [0.25, 0.3) is 0 Å². The van der Waals surface area contributed by atoms with Gasteiger partial charge in [0, 0.05) is 37.7 Å². The molecule has 0 radical (unpaired) electrons. The molecule has 4 rings (SSSR count). The number of halogens is 3. The molecule has 2 aliphatic heterocycles. The van der Waals surface area contributed by atoms with Crippen molar-refractivity contribution in [2.24, 2.45) is 22.6 Å². The van der Waals surface area contributed by atoms with Crippen LogP contribution in [0.5, 0.6) is 11.5 Å². The van der Waals surface area contributed by atoms with Gasteiger partial charge in [-0.1, -0.05) is 0 Å². The quantitative estimate of drug-likeness (QED) is 0.520. The second-order valence-electron chi connectivity index (χ2n) is 11.5. The standard InChI is InChI=1S/C26H35F3N4O5/c1-24(2)13-21(34)33(23(30)32-24)19(8-9-36-5)15-11-16(15)22(35)31-18-12-25(3,4)38-20-7-6-14(10-17(18)20)37-26(27,28)29/h6-7,10,15-16,18-19H,8-9,11-13H2,1-5H3,(H2,30,32)(H,31,35)/t15-,16-,18?,19+/m0/s1. The van der Waals surface area contributed by atoms with E-state index in [1.807, 2.05) is 27.7 Å². The lowest BCUT2D eigenvalue weighted by Crippen LogP contribution is -2.55. The Balaban J connectivity index is 1.52. The maximum atomic E-state index is 13.4. The van der Waals surface area contributed by atoms with Gasteiger partial charge in [-0.2, -0.15) is 0 Å². The number of methoxy groups -OCH3 is 1. The molecular weight excluding hydrogens is 505 g/mol. The number of guanidine groups is 1. The number of hydrogen-bond acceptors (Lipinski definition) is 7. The maximum Gasteiger partial charge on any atom is 0.573 e. The van der Waals surface area contributed by atoms with Crippen LogP contribution in [0.2, 0.25) is 0 Å². The number of rotatable bonds is 8. The van der Waals surface area contributed by atoms with Crippen LogP contribution in [0.1, 0.15) is 65.0 Å². The number of hydrogen-bond donors (Lipinski definition) is 2. The van der Waals surface area contributed by atoms with E-state index in [0.717, 1.165) is 0 Å². The summed E-state index contributed by atoms with van der Waals surface area (Å²) in [7, 11) is 1.56. The van der Waals surface area contributed by atoms with Crippen molar-refractivity contribution in [3.05, 3.63) is 23.8 Å². The van der Waals surface area contributed by atoms with Gasteiger partial charge in [0.2, 0.25) is 11.8 Å². The van der Waals surface area contributed by atoms with E-state index in [1.165, 1.54) is 23.1 Å². The summed E-state index contributed by atoms with van der Waals surface area (Å²) in [5, 5.41) is 3.01. The monoisotopic (exact) mass is 540 g/mol. The van der Waals surface area contributed by atoms with Gasteiger partial charge >= 0.3 is 6.36 Å². The highest BCUT2D eigenvalue weighted by Crippen LogP contribution is 2.47. The molecule has 1 unspecified atom stereocenters. The van der Waals surface area contributed by atoms with Crippen LogP contribution in [-0.4, -0.2) is 59.9 Å². The van der Waals surface area contributed by atoms with Crippen LogP contribution >= 0.6 is 0 Å². The average molecular weight is 541 g/mol. The summed E-state index contributed by atoms with van der Waals surface area (Å²) in [6.07, 6.45) is -3.26. The molecule has 12 heteroatoms. The minimum atomic E-state index is -4.84. The van der Waals surface area contributed by atoms with Crippen molar-refractivity contribution in [2.45, 2.75) is 83.0 Å². The van der Waals surface area contributed by atoms with Crippen LogP contribution in [0.4, 0.5) is 13.2 Å². The predicted octanol–water partition coefficient (Wildman–Crippen LogP) is 3.67. The third kappa shape index (κ3) is 6.33. The Hall–Kier alpha value is -3.02. The second-order valence-corrected chi connectivity index (χ2v) is 11.5. The largest absolute Gasteiger partial charge is 0.573 e. The molecule has 1 aromatic rings. The molecule has 3 aliphatic rings. The Morgan fingerprint density at radius 1 is 1.32 bits per heavy atom. The molecule has 3 N–H and O–H groups in total. The van der Waals surface area contributed by atoms with Gasteiger partial charge in [0.1, 0.15) is 17.1 Å². The minimum Gasteiger partial charge on any atom is -0.487 e. The Labute approximate surface area is 219 Å². The molecule has 4 atom stereocenters. The van der Waals surface area contributed by atoms with Crippen molar-refractivity contribution in [3.63, 3.8) is 0 Å². The normalized spacial score (nSPS) is 26.5. The summed E-state index contributed by atoms with van der Waals surface area (Å²) in [5.41, 5.74) is 5.37. The highest BCUT2D eigenvalue weighted by atomic mass is 19.4. The molecule has 1 saturated carbocycles. The summed E-state index contributed by atoms with van der Waals surface area (Å²) >= 11 is 0. The van der Waals surface area contributed by atoms with Crippen molar-refractivity contribution >= 4 is 17.8 Å². The zero-order valence-corrected chi connectivity index (χ0v) is 22.2. The summed E-state index contributed by atoms with van der Waals surface area (Å²) in [6.45, 7) is 7.75. The molecule has 0 bridgehead atoms. The van der Waals surface area contributed by atoms with Gasteiger partial charge in [-0.15, -0.1) is 13.2 Å². The van der Waals surface area contributed by atoms with E-state index >= 15 is 0 Å². The molecule has 0 aromatic heterocycles. The number of fused-ring (bicyclic) bond motifs is 1. The predicted molar refractivity (Wildman–Crippen MR) is 132 cm³/mol. The highest BCUT2D eigenvalue weighted by molar-refractivity contribution is 5.99. The van der Waals surface area contributed by atoms with Crippen LogP contribution in [0.3, 0.4) is 0 Å². The molecule has 1 aliphatic carbocycles.